The van der Waals surface area contributed by atoms with Gasteiger partial charge in [-0.25, -0.2) is 0 Å². The molecule has 0 unspecified atom stereocenters. The number of primary amides is 1. The van der Waals surface area contributed by atoms with Crippen LogP contribution in [-0.2, 0) is 19.1 Å². The molecule has 0 fully saturated rings. The minimum Gasteiger partial charge on any atom is -0.382 e. The average molecular weight is 246 g/mol. The Morgan fingerprint density at radius 3 is 2.47 bits per heavy atom. The smallest absolute Gasteiger partial charge is 0.246 e. The third-order valence-electron chi connectivity index (χ3n) is 2.50. The molecule has 3 N–H and O–H groups in total. The maximum Gasteiger partial charge on any atom is 0.246 e. The monoisotopic (exact) mass is 246 g/mol. The van der Waals surface area contributed by atoms with Crippen molar-refractivity contribution >= 4 is 11.8 Å². The second-order valence-corrected chi connectivity index (χ2v) is 3.88. The molecule has 0 aromatic rings. The van der Waals surface area contributed by atoms with Crippen LogP contribution in [0.1, 0.15) is 20.3 Å². The van der Waals surface area contributed by atoms with Crippen molar-refractivity contribution in [2.45, 2.75) is 26.3 Å². The summed E-state index contributed by atoms with van der Waals surface area (Å²) in [6.07, 6.45) is 0.762. The first kappa shape index (κ1) is 15.9. The van der Waals surface area contributed by atoms with Gasteiger partial charge >= 0.3 is 0 Å². The van der Waals surface area contributed by atoms with Gasteiger partial charge in [-0.15, -0.1) is 0 Å². The van der Waals surface area contributed by atoms with Crippen molar-refractivity contribution in [1.29, 1.82) is 0 Å². The largest absolute Gasteiger partial charge is 0.382 e. The lowest BCUT2D eigenvalue weighted by Crippen LogP contribution is -2.49. The van der Waals surface area contributed by atoms with Crippen molar-refractivity contribution in [3.63, 3.8) is 0 Å². The molecule has 6 heteroatoms. The molecule has 0 aliphatic rings. The van der Waals surface area contributed by atoms with Crippen molar-refractivity contribution < 1.29 is 19.1 Å². The summed E-state index contributed by atoms with van der Waals surface area (Å²) in [7, 11) is 1.55. The van der Waals surface area contributed by atoms with E-state index in [1.54, 1.807) is 7.11 Å². The minimum absolute atomic E-state index is 0.00965. The highest BCUT2D eigenvalue weighted by atomic mass is 16.5. The Labute approximate surface area is 102 Å². The van der Waals surface area contributed by atoms with Gasteiger partial charge in [-0.2, -0.15) is 0 Å². The van der Waals surface area contributed by atoms with Crippen LogP contribution in [-0.4, -0.2) is 44.8 Å². The molecule has 17 heavy (non-hydrogen) atoms. The molecule has 6 nitrogen and oxygen atoms in total. The molecule has 0 spiro atoms. The Bertz CT molecular complexity index is 246. The third kappa shape index (κ3) is 6.91. The highest BCUT2D eigenvalue weighted by molar-refractivity contribution is 5.87. The third-order valence-corrected chi connectivity index (χ3v) is 2.50. The van der Waals surface area contributed by atoms with Gasteiger partial charge in [0.15, 0.2) is 0 Å². The Kier molecular flexibility index (Phi) is 8.35. The quantitative estimate of drug-likeness (QED) is 0.545. The van der Waals surface area contributed by atoms with Crippen LogP contribution in [0.25, 0.3) is 0 Å². The van der Waals surface area contributed by atoms with Gasteiger partial charge in [0.2, 0.25) is 11.8 Å². The molecule has 0 bridgehead atoms. The predicted octanol–water partition coefficient (Wildman–Crippen LogP) is -0.334. The lowest BCUT2D eigenvalue weighted by Gasteiger charge is -2.20. The molecular formula is C11H22N2O4. The minimum atomic E-state index is -0.640. The summed E-state index contributed by atoms with van der Waals surface area (Å²) in [6.45, 7) is 4.47. The first-order valence-corrected chi connectivity index (χ1v) is 5.68. The summed E-state index contributed by atoms with van der Waals surface area (Å²) in [5.41, 5.74) is 5.22. The maximum absolute atomic E-state index is 11.5. The Morgan fingerprint density at radius 1 is 1.35 bits per heavy atom. The number of nitrogens with one attached hydrogen (secondary N) is 1. The Balaban J connectivity index is 4.00. The fourth-order valence-electron chi connectivity index (χ4n) is 1.25. The van der Waals surface area contributed by atoms with Gasteiger partial charge in [-0.1, -0.05) is 20.3 Å². The van der Waals surface area contributed by atoms with Gasteiger partial charge in [-0.05, 0) is 5.92 Å². The van der Waals surface area contributed by atoms with E-state index < -0.39 is 11.9 Å². The summed E-state index contributed by atoms with van der Waals surface area (Å²) in [5.74, 6) is -0.856. The van der Waals surface area contributed by atoms with Crippen molar-refractivity contribution in [1.82, 2.24) is 5.32 Å². The SMILES string of the molecule is CC[C@@H](C)[C@@H](NC(=O)COCCOC)C(N)=O. The van der Waals surface area contributed by atoms with Crippen LogP contribution >= 0.6 is 0 Å². The highest BCUT2D eigenvalue weighted by Gasteiger charge is 2.23. The topological polar surface area (TPSA) is 90.7 Å². The molecule has 2 amide bonds. The Hall–Kier alpha value is -1.14. The second kappa shape index (κ2) is 8.95. The zero-order chi connectivity index (χ0) is 13.3. The van der Waals surface area contributed by atoms with E-state index in [1.807, 2.05) is 13.8 Å². The van der Waals surface area contributed by atoms with Crippen LogP contribution in [0, 0.1) is 5.92 Å². The molecule has 2 atom stereocenters. The molecule has 0 aromatic heterocycles. The van der Waals surface area contributed by atoms with Crippen molar-refractivity contribution in [2.75, 3.05) is 26.9 Å². The van der Waals surface area contributed by atoms with E-state index in [0.29, 0.717) is 13.2 Å². The summed E-state index contributed by atoms with van der Waals surface area (Å²) in [4.78, 5) is 22.6. The zero-order valence-electron chi connectivity index (χ0n) is 10.7. The number of rotatable bonds is 9. The number of ether oxygens (including phenoxy) is 2. The molecule has 0 aromatic carbocycles. The Morgan fingerprint density at radius 2 is 2.00 bits per heavy atom. The molecule has 100 valence electrons. The van der Waals surface area contributed by atoms with Crippen molar-refractivity contribution in [2.24, 2.45) is 11.7 Å². The first-order valence-electron chi connectivity index (χ1n) is 5.68. The van der Waals surface area contributed by atoms with Crippen LogP contribution in [0.5, 0.6) is 0 Å². The summed E-state index contributed by atoms with van der Waals surface area (Å²) in [5, 5.41) is 2.56. The van der Waals surface area contributed by atoms with E-state index in [-0.39, 0.29) is 18.4 Å². The standard InChI is InChI=1S/C11H22N2O4/c1-4-8(2)10(11(12)15)13-9(14)7-17-6-5-16-3/h8,10H,4-7H2,1-3H3,(H2,12,15)(H,13,14)/t8-,10-/m1/s1. The second-order valence-electron chi connectivity index (χ2n) is 3.88. The average Bonchev–Trinajstić information content (AvgIpc) is 2.30. The van der Waals surface area contributed by atoms with E-state index in [1.165, 1.54) is 0 Å². The summed E-state index contributed by atoms with van der Waals surface area (Å²) in [6, 6.07) is -0.640. The van der Waals surface area contributed by atoms with Crippen LogP contribution in [0.15, 0.2) is 0 Å². The number of nitrogens with two attached hydrogens (primary N) is 1. The van der Waals surface area contributed by atoms with E-state index >= 15 is 0 Å². The number of amides is 2. The molecular weight excluding hydrogens is 224 g/mol. The highest BCUT2D eigenvalue weighted by Crippen LogP contribution is 2.06. The van der Waals surface area contributed by atoms with Crippen LogP contribution in [0.2, 0.25) is 0 Å². The van der Waals surface area contributed by atoms with Crippen LogP contribution in [0.4, 0.5) is 0 Å². The van der Waals surface area contributed by atoms with Gasteiger partial charge in [0.25, 0.3) is 0 Å². The number of hydrogen-bond acceptors (Lipinski definition) is 4. The normalized spacial score (nSPS) is 14.1. The first-order chi connectivity index (χ1) is 8.02. The number of carbonyl (C=O) groups is 2. The molecule has 0 rings (SSSR count). The molecule has 0 saturated carbocycles. The fraction of sp³-hybridized carbons (Fsp3) is 0.818. The summed E-state index contributed by atoms with van der Waals surface area (Å²) >= 11 is 0. The van der Waals surface area contributed by atoms with Crippen molar-refractivity contribution in [3.05, 3.63) is 0 Å². The predicted molar refractivity (Wildman–Crippen MR) is 63.3 cm³/mol. The molecule has 0 radical (unpaired) electrons. The zero-order valence-corrected chi connectivity index (χ0v) is 10.7. The lowest BCUT2D eigenvalue weighted by atomic mass is 9.99. The van der Waals surface area contributed by atoms with Gasteiger partial charge in [-0.3, -0.25) is 9.59 Å². The van der Waals surface area contributed by atoms with Crippen molar-refractivity contribution in [3.8, 4) is 0 Å². The molecule has 0 heterocycles. The lowest BCUT2D eigenvalue weighted by molar-refractivity contribution is -0.131. The van der Waals surface area contributed by atoms with Crippen LogP contribution in [0.3, 0.4) is 0 Å². The van der Waals surface area contributed by atoms with E-state index in [0.717, 1.165) is 6.42 Å². The van der Waals surface area contributed by atoms with Gasteiger partial charge in [0.05, 0.1) is 13.2 Å². The number of carbonyl (C=O) groups excluding carboxylic acids is 2. The summed E-state index contributed by atoms with van der Waals surface area (Å²) < 4.78 is 9.81. The number of methoxy groups -OCH3 is 1. The van der Waals surface area contributed by atoms with Gasteiger partial charge < -0.3 is 20.5 Å². The van der Waals surface area contributed by atoms with Gasteiger partial charge in [0, 0.05) is 7.11 Å². The van der Waals surface area contributed by atoms with E-state index in [9.17, 15) is 9.59 Å². The molecule has 0 aliphatic heterocycles. The van der Waals surface area contributed by atoms with Gasteiger partial charge in [0.1, 0.15) is 12.6 Å². The maximum atomic E-state index is 11.5. The number of hydrogen-bond donors (Lipinski definition) is 2. The van der Waals surface area contributed by atoms with Crippen LogP contribution < -0.4 is 11.1 Å². The molecule has 0 saturated heterocycles. The fourth-order valence-corrected chi connectivity index (χ4v) is 1.25. The molecule has 0 aliphatic carbocycles. The van der Waals surface area contributed by atoms with E-state index in [4.69, 9.17) is 15.2 Å². The van der Waals surface area contributed by atoms with E-state index in [2.05, 4.69) is 5.32 Å².